The van der Waals surface area contributed by atoms with Crippen molar-refractivity contribution < 1.29 is 19.8 Å². The van der Waals surface area contributed by atoms with E-state index in [9.17, 15) is 19.8 Å². The number of benzene rings is 3. The molecule has 53 heavy (non-hydrogen) atoms. The van der Waals surface area contributed by atoms with E-state index in [0.29, 0.717) is 52.1 Å². The van der Waals surface area contributed by atoms with Crippen molar-refractivity contribution in [1.29, 1.82) is 0 Å². The quantitative estimate of drug-likeness (QED) is 0.134. The molecule has 2 aliphatic carbocycles. The van der Waals surface area contributed by atoms with Crippen molar-refractivity contribution >= 4 is 52.3 Å². The van der Waals surface area contributed by atoms with Crippen LogP contribution in [0.2, 0.25) is 15.2 Å². The summed E-state index contributed by atoms with van der Waals surface area (Å²) in [6, 6.07) is 25.0. The Bertz CT molecular complexity index is 2030. The smallest absolute Gasteiger partial charge is 0.267 e. The van der Waals surface area contributed by atoms with Gasteiger partial charge in [0.25, 0.3) is 11.8 Å². The lowest BCUT2D eigenvalue weighted by Gasteiger charge is -2.33. The lowest BCUT2D eigenvalue weighted by atomic mass is 9.82. The maximum Gasteiger partial charge on any atom is 0.267 e. The number of H-pyrrole nitrogens is 1. The number of aromatic nitrogens is 1. The van der Waals surface area contributed by atoms with Crippen LogP contribution in [0.25, 0.3) is 0 Å². The van der Waals surface area contributed by atoms with Crippen LogP contribution in [-0.2, 0) is 0 Å². The molecule has 1 heterocycles. The van der Waals surface area contributed by atoms with Gasteiger partial charge in [-0.3, -0.25) is 9.59 Å². The van der Waals surface area contributed by atoms with Gasteiger partial charge in [-0.1, -0.05) is 70.6 Å². The zero-order valence-corrected chi connectivity index (χ0v) is 32.0. The van der Waals surface area contributed by atoms with E-state index in [4.69, 9.17) is 34.8 Å². The van der Waals surface area contributed by atoms with E-state index in [1.165, 1.54) is 0 Å². The molecule has 2 fully saturated rings. The van der Waals surface area contributed by atoms with E-state index >= 15 is 0 Å². The van der Waals surface area contributed by atoms with Crippen LogP contribution in [0.15, 0.2) is 84.9 Å². The molecule has 2 aliphatic rings. The van der Waals surface area contributed by atoms with Crippen molar-refractivity contribution in [2.24, 2.45) is 0 Å². The number of hydrogen-bond acceptors (Lipinski definition) is 5. The highest BCUT2D eigenvalue weighted by Crippen LogP contribution is 2.30. The molecular formula is C42H43Cl3N4O4. The fraction of sp³-hybridized carbons (Fsp3) is 0.333. The maximum absolute atomic E-state index is 12.6. The summed E-state index contributed by atoms with van der Waals surface area (Å²) < 4.78 is 0. The Morgan fingerprint density at radius 1 is 0.736 bits per heavy atom. The molecule has 0 unspecified atom stereocenters. The average Bonchev–Trinajstić information content (AvgIpc) is 3.57. The van der Waals surface area contributed by atoms with Gasteiger partial charge in [-0.2, -0.15) is 0 Å². The lowest BCUT2D eigenvalue weighted by Crippen LogP contribution is -2.45. The fourth-order valence-corrected chi connectivity index (χ4v) is 6.98. The molecule has 1 aromatic heterocycles. The topological polar surface area (TPSA) is 118 Å². The van der Waals surface area contributed by atoms with Crippen molar-refractivity contribution in [1.82, 2.24) is 15.6 Å². The molecule has 0 saturated heterocycles. The molecule has 5 N–H and O–H groups in total. The standard InChI is InChI=1S/C23H25ClN2O2.C19H18Cl2N2O2/c1-26(2)21-10-8-18(9-11-21)22(27)25-20-7-4-13-23(28,16-20)14-12-17-5-3-6-19(24)15-17;20-14-4-1-3-13(11-14)8-10-19(25)9-2-5-15(12-19)22-18(24)16-6-7-17(21)23-16/h3,5-6,8-11,15,20,28H,4,7,13,16H2,1-2H3,(H,25,27);1,3-4,6-7,11,15,23,25H,2,5,9,12H2,(H,22,24)/t20-,23+;15-,19+/m00/s1. The molecule has 4 aromatic rings. The number of amides is 2. The fourth-order valence-electron chi connectivity index (χ4n) is 6.43. The van der Waals surface area contributed by atoms with Gasteiger partial charge >= 0.3 is 0 Å². The number of aromatic amines is 1. The number of hydrogen-bond donors (Lipinski definition) is 5. The number of rotatable bonds is 5. The van der Waals surface area contributed by atoms with Crippen LogP contribution >= 0.6 is 34.8 Å². The van der Waals surface area contributed by atoms with Crippen LogP contribution < -0.4 is 15.5 Å². The van der Waals surface area contributed by atoms with E-state index in [1.807, 2.05) is 67.5 Å². The minimum atomic E-state index is -1.12. The normalized spacial score (nSPS) is 22.0. The van der Waals surface area contributed by atoms with Crippen LogP contribution in [0, 0.1) is 23.7 Å². The van der Waals surface area contributed by atoms with Crippen molar-refractivity contribution in [3.05, 3.63) is 123 Å². The highest BCUT2D eigenvalue weighted by molar-refractivity contribution is 6.31. The summed E-state index contributed by atoms with van der Waals surface area (Å²) in [5.41, 5.74) is 1.37. The first kappa shape index (κ1) is 39.8. The number of carbonyl (C=O) groups excluding carboxylic acids is 2. The molecule has 11 heteroatoms. The summed E-state index contributed by atoms with van der Waals surface area (Å²) in [4.78, 5) is 29.6. The molecule has 3 aromatic carbocycles. The SMILES string of the molecule is CN(C)c1ccc(C(=O)N[C@H]2CCC[C@@](O)(C#Cc3cccc(Cl)c3)C2)cc1.O=C(N[C@H]1CCC[C@@](O)(C#Cc2cccc(Cl)c2)C1)c1ccc(Cl)[nH]1. The Kier molecular flexibility index (Phi) is 13.6. The van der Waals surface area contributed by atoms with Gasteiger partial charge in [0.1, 0.15) is 22.0 Å². The summed E-state index contributed by atoms with van der Waals surface area (Å²) in [5.74, 6) is 11.6. The summed E-state index contributed by atoms with van der Waals surface area (Å²) in [5, 5.41) is 29.3. The Morgan fingerprint density at radius 3 is 1.70 bits per heavy atom. The number of anilines is 1. The van der Waals surface area contributed by atoms with Gasteiger partial charge in [0.15, 0.2) is 0 Å². The maximum atomic E-state index is 12.6. The molecule has 6 rings (SSSR count). The van der Waals surface area contributed by atoms with E-state index in [2.05, 4.69) is 39.3 Å². The third kappa shape index (κ3) is 12.1. The van der Waals surface area contributed by atoms with Crippen LogP contribution in [0.3, 0.4) is 0 Å². The van der Waals surface area contributed by atoms with E-state index in [0.717, 1.165) is 42.5 Å². The summed E-state index contributed by atoms with van der Waals surface area (Å²) in [6.45, 7) is 0. The Balaban J connectivity index is 0.000000206. The van der Waals surface area contributed by atoms with Crippen molar-refractivity contribution in [2.75, 3.05) is 19.0 Å². The number of nitrogens with zero attached hydrogens (tertiary/aromatic N) is 1. The molecule has 4 atom stereocenters. The van der Waals surface area contributed by atoms with Gasteiger partial charge in [0.05, 0.1) is 0 Å². The molecule has 0 radical (unpaired) electrons. The molecule has 276 valence electrons. The predicted molar refractivity (Wildman–Crippen MR) is 213 cm³/mol. The summed E-state index contributed by atoms with van der Waals surface area (Å²) >= 11 is 17.7. The van der Waals surface area contributed by atoms with E-state index in [-0.39, 0.29) is 23.9 Å². The first-order chi connectivity index (χ1) is 25.3. The molecule has 8 nitrogen and oxygen atoms in total. The molecule has 0 bridgehead atoms. The van der Waals surface area contributed by atoms with Gasteiger partial charge in [-0.15, -0.1) is 0 Å². The first-order valence-corrected chi connectivity index (χ1v) is 18.7. The molecule has 0 aliphatic heterocycles. The second kappa shape index (κ2) is 18.1. The zero-order valence-electron chi connectivity index (χ0n) is 29.7. The number of carbonyl (C=O) groups is 2. The van der Waals surface area contributed by atoms with Crippen LogP contribution in [-0.4, -0.2) is 64.4 Å². The van der Waals surface area contributed by atoms with Crippen LogP contribution in [0.4, 0.5) is 5.69 Å². The predicted octanol–water partition coefficient (Wildman–Crippen LogP) is 7.64. The van der Waals surface area contributed by atoms with Gasteiger partial charge in [-0.25, -0.2) is 0 Å². The van der Waals surface area contributed by atoms with Crippen LogP contribution in [0.1, 0.15) is 83.3 Å². The highest BCUT2D eigenvalue weighted by Gasteiger charge is 2.35. The lowest BCUT2D eigenvalue weighted by molar-refractivity contribution is 0.0443. The minimum absolute atomic E-state index is 0.103. The number of nitrogens with one attached hydrogen (secondary N) is 3. The van der Waals surface area contributed by atoms with Crippen molar-refractivity contribution in [2.45, 2.75) is 74.7 Å². The largest absolute Gasteiger partial charge is 0.378 e. The van der Waals surface area contributed by atoms with Crippen molar-refractivity contribution in [3.63, 3.8) is 0 Å². The molecule has 0 spiro atoms. The third-order valence-electron chi connectivity index (χ3n) is 9.19. The minimum Gasteiger partial charge on any atom is -0.378 e. The Labute approximate surface area is 326 Å². The average molecular weight is 774 g/mol. The third-order valence-corrected chi connectivity index (χ3v) is 9.88. The Morgan fingerprint density at radius 2 is 1.25 bits per heavy atom. The molecule has 2 saturated carbocycles. The second-order valence-corrected chi connectivity index (χ2v) is 15.1. The summed E-state index contributed by atoms with van der Waals surface area (Å²) in [7, 11) is 3.92. The monoisotopic (exact) mass is 772 g/mol. The van der Waals surface area contributed by atoms with Crippen molar-refractivity contribution in [3.8, 4) is 23.7 Å². The van der Waals surface area contributed by atoms with Gasteiger partial charge in [-0.05, 0) is 111 Å². The number of halogens is 3. The van der Waals surface area contributed by atoms with Gasteiger partial charge in [0.2, 0.25) is 0 Å². The second-order valence-electron chi connectivity index (χ2n) is 13.8. The molecule has 2 amide bonds. The van der Waals surface area contributed by atoms with Crippen LogP contribution in [0.5, 0.6) is 0 Å². The van der Waals surface area contributed by atoms with E-state index in [1.54, 1.807) is 36.4 Å². The van der Waals surface area contributed by atoms with E-state index < -0.39 is 11.2 Å². The zero-order chi connectivity index (χ0) is 38.0. The van der Waals surface area contributed by atoms with Gasteiger partial charge < -0.3 is 30.7 Å². The highest BCUT2D eigenvalue weighted by atomic mass is 35.5. The summed E-state index contributed by atoms with van der Waals surface area (Å²) in [6.07, 6.45) is 5.24. The molecular weight excluding hydrogens is 731 g/mol. The first-order valence-electron chi connectivity index (χ1n) is 17.5. The Hall–Kier alpha value is -4.41. The number of aliphatic hydroxyl groups is 2. The van der Waals surface area contributed by atoms with Gasteiger partial charge in [0, 0.05) is 71.4 Å².